The fourth-order valence-corrected chi connectivity index (χ4v) is 4.17. The minimum absolute atomic E-state index is 0. The van der Waals surface area contributed by atoms with Gasteiger partial charge in [-0.1, -0.05) is 30.7 Å². The number of sulfonamides is 1. The maximum Gasteiger partial charge on any atom is 0.213 e. The van der Waals surface area contributed by atoms with E-state index in [1.807, 2.05) is 29.1 Å². The number of aromatic nitrogens is 2. The van der Waals surface area contributed by atoms with E-state index in [1.165, 1.54) is 12.0 Å². The third kappa shape index (κ3) is 7.88. The Kier molecular flexibility index (Phi) is 10.1. The lowest BCUT2D eigenvalue weighted by atomic mass is 9.86. The largest absolute Gasteiger partial charge is 0.355 e. The van der Waals surface area contributed by atoms with E-state index in [0.29, 0.717) is 38.1 Å². The molecule has 2 aromatic rings. The normalized spacial score (nSPS) is 14.6. The third-order valence-electron chi connectivity index (χ3n) is 5.16. The fraction of sp³-hybridized carbons (Fsp3) is 0.500. The van der Waals surface area contributed by atoms with Gasteiger partial charge in [0.1, 0.15) is 0 Å². The van der Waals surface area contributed by atoms with Crippen LogP contribution < -0.4 is 15.4 Å². The SMILES string of the molecule is CN=C(NCCS(=O)(=O)NCC1CCC1)NCc1ccccc1Cn1cccn1.I. The van der Waals surface area contributed by atoms with E-state index in [2.05, 4.69) is 37.6 Å². The molecule has 1 aliphatic rings. The van der Waals surface area contributed by atoms with Crippen molar-refractivity contribution in [2.75, 3.05) is 25.9 Å². The highest BCUT2D eigenvalue weighted by molar-refractivity contribution is 14.0. The maximum absolute atomic E-state index is 12.1. The number of hydrogen-bond donors (Lipinski definition) is 3. The fourth-order valence-electron chi connectivity index (χ4n) is 3.17. The van der Waals surface area contributed by atoms with Gasteiger partial charge in [0, 0.05) is 39.1 Å². The number of benzene rings is 1. The molecule has 0 saturated heterocycles. The molecule has 0 aliphatic heterocycles. The van der Waals surface area contributed by atoms with Crippen LogP contribution in [0.2, 0.25) is 0 Å². The Morgan fingerprint density at radius 1 is 1.20 bits per heavy atom. The number of rotatable bonds is 10. The van der Waals surface area contributed by atoms with Crippen LogP contribution in [0.5, 0.6) is 0 Å². The van der Waals surface area contributed by atoms with Gasteiger partial charge in [-0.3, -0.25) is 9.67 Å². The molecule has 30 heavy (non-hydrogen) atoms. The molecule has 0 amide bonds. The van der Waals surface area contributed by atoms with Crippen LogP contribution in [0.1, 0.15) is 30.4 Å². The molecule has 0 bridgehead atoms. The van der Waals surface area contributed by atoms with Crippen molar-refractivity contribution in [1.82, 2.24) is 25.1 Å². The Hall–Kier alpha value is -1.66. The number of guanidine groups is 1. The van der Waals surface area contributed by atoms with Crippen molar-refractivity contribution >= 4 is 40.0 Å². The highest BCUT2D eigenvalue weighted by atomic mass is 127. The van der Waals surface area contributed by atoms with Gasteiger partial charge >= 0.3 is 0 Å². The Balaban J connectivity index is 0.00000320. The molecule has 3 rings (SSSR count). The third-order valence-corrected chi connectivity index (χ3v) is 6.51. The van der Waals surface area contributed by atoms with E-state index < -0.39 is 10.0 Å². The first-order valence-electron chi connectivity index (χ1n) is 10.0. The van der Waals surface area contributed by atoms with Gasteiger partial charge in [-0.15, -0.1) is 24.0 Å². The van der Waals surface area contributed by atoms with E-state index in [0.717, 1.165) is 18.4 Å². The molecule has 1 saturated carbocycles. The summed E-state index contributed by atoms with van der Waals surface area (Å²) in [4.78, 5) is 4.19. The van der Waals surface area contributed by atoms with Gasteiger partial charge in [0.05, 0.1) is 12.3 Å². The standard InChI is InChI=1S/C20H30N6O2S.HI/c1-21-20(22-11-13-29(27,28)25-14-17-6-4-7-17)23-15-18-8-2-3-9-19(18)16-26-12-5-10-24-26;/h2-3,5,8-10,12,17,25H,4,6-7,11,13-16H2,1H3,(H2,21,22,23);1H. The second-order valence-electron chi connectivity index (χ2n) is 7.29. The van der Waals surface area contributed by atoms with Crippen molar-refractivity contribution in [2.45, 2.75) is 32.4 Å². The summed E-state index contributed by atoms with van der Waals surface area (Å²) in [6, 6.07) is 10.1. The molecule has 0 atom stereocenters. The first-order valence-corrected chi connectivity index (χ1v) is 11.7. The van der Waals surface area contributed by atoms with Crippen molar-refractivity contribution in [2.24, 2.45) is 10.9 Å². The van der Waals surface area contributed by atoms with Gasteiger partial charge in [-0.05, 0) is 36.0 Å². The first-order chi connectivity index (χ1) is 14.1. The molecule has 8 nitrogen and oxygen atoms in total. The molecule has 3 N–H and O–H groups in total. The number of hydrogen-bond acceptors (Lipinski definition) is 4. The zero-order valence-corrected chi connectivity index (χ0v) is 20.4. The van der Waals surface area contributed by atoms with Crippen LogP contribution in [0.3, 0.4) is 0 Å². The van der Waals surface area contributed by atoms with Crippen LogP contribution in [0, 0.1) is 5.92 Å². The van der Waals surface area contributed by atoms with Crippen LogP contribution in [0.4, 0.5) is 0 Å². The number of aliphatic imine (C=N–C) groups is 1. The van der Waals surface area contributed by atoms with Gasteiger partial charge < -0.3 is 10.6 Å². The monoisotopic (exact) mass is 546 g/mol. The molecule has 0 spiro atoms. The first kappa shape index (κ1) is 24.6. The molecule has 1 aromatic carbocycles. The summed E-state index contributed by atoms with van der Waals surface area (Å²) in [6.07, 6.45) is 7.16. The summed E-state index contributed by atoms with van der Waals surface area (Å²) in [7, 11) is -1.59. The summed E-state index contributed by atoms with van der Waals surface area (Å²) in [6.45, 7) is 2.14. The molecule has 10 heteroatoms. The van der Waals surface area contributed by atoms with Crippen LogP contribution in [-0.2, 0) is 23.1 Å². The van der Waals surface area contributed by atoms with E-state index in [1.54, 1.807) is 13.2 Å². The average Bonchev–Trinajstić information content (AvgIpc) is 3.17. The Bertz CT molecular complexity index is 898. The van der Waals surface area contributed by atoms with Gasteiger partial charge in [-0.25, -0.2) is 13.1 Å². The van der Waals surface area contributed by atoms with Crippen LogP contribution in [0.25, 0.3) is 0 Å². The van der Waals surface area contributed by atoms with Crippen molar-refractivity contribution in [3.63, 3.8) is 0 Å². The second kappa shape index (κ2) is 12.3. The number of nitrogens with one attached hydrogen (secondary N) is 3. The quantitative estimate of drug-likeness (QED) is 0.240. The molecule has 166 valence electrons. The Morgan fingerprint density at radius 3 is 2.60 bits per heavy atom. The highest BCUT2D eigenvalue weighted by Crippen LogP contribution is 2.25. The zero-order chi connectivity index (χ0) is 20.5. The summed E-state index contributed by atoms with van der Waals surface area (Å²) in [5, 5.41) is 10.6. The molecule has 1 aliphatic carbocycles. The summed E-state index contributed by atoms with van der Waals surface area (Å²) in [5.41, 5.74) is 2.31. The predicted molar refractivity (Wildman–Crippen MR) is 131 cm³/mol. The summed E-state index contributed by atoms with van der Waals surface area (Å²) >= 11 is 0. The van der Waals surface area contributed by atoms with Gasteiger partial charge in [0.15, 0.2) is 5.96 Å². The molecule has 0 radical (unpaired) electrons. The van der Waals surface area contributed by atoms with Gasteiger partial charge in [0.25, 0.3) is 0 Å². The van der Waals surface area contributed by atoms with Crippen LogP contribution >= 0.6 is 24.0 Å². The summed E-state index contributed by atoms with van der Waals surface area (Å²) in [5.74, 6) is 1.11. The Morgan fingerprint density at radius 2 is 1.97 bits per heavy atom. The van der Waals surface area contributed by atoms with Crippen LogP contribution in [0.15, 0.2) is 47.7 Å². The molecular weight excluding hydrogens is 515 g/mol. The van der Waals surface area contributed by atoms with Crippen molar-refractivity contribution < 1.29 is 8.42 Å². The molecule has 0 unspecified atom stereocenters. The van der Waals surface area contributed by atoms with Crippen molar-refractivity contribution in [3.05, 3.63) is 53.9 Å². The highest BCUT2D eigenvalue weighted by Gasteiger charge is 2.20. The molecule has 1 fully saturated rings. The van der Waals surface area contributed by atoms with Crippen LogP contribution in [-0.4, -0.2) is 50.0 Å². The smallest absolute Gasteiger partial charge is 0.213 e. The minimum atomic E-state index is -3.26. The zero-order valence-electron chi connectivity index (χ0n) is 17.3. The number of nitrogens with zero attached hydrogens (tertiary/aromatic N) is 3. The van der Waals surface area contributed by atoms with E-state index in [4.69, 9.17) is 0 Å². The molecule has 1 aromatic heterocycles. The molecule has 1 heterocycles. The lowest BCUT2D eigenvalue weighted by Crippen LogP contribution is -2.41. The van der Waals surface area contributed by atoms with Gasteiger partial charge in [0.2, 0.25) is 10.0 Å². The topological polar surface area (TPSA) is 100 Å². The average molecular weight is 546 g/mol. The lowest BCUT2D eigenvalue weighted by Gasteiger charge is -2.25. The lowest BCUT2D eigenvalue weighted by molar-refractivity contribution is 0.316. The van der Waals surface area contributed by atoms with E-state index in [9.17, 15) is 8.42 Å². The van der Waals surface area contributed by atoms with Crippen molar-refractivity contribution in [3.8, 4) is 0 Å². The van der Waals surface area contributed by atoms with Crippen molar-refractivity contribution in [1.29, 1.82) is 0 Å². The maximum atomic E-state index is 12.1. The number of halogens is 1. The Labute approximate surface area is 196 Å². The van der Waals surface area contributed by atoms with E-state index >= 15 is 0 Å². The van der Waals surface area contributed by atoms with Gasteiger partial charge in [-0.2, -0.15) is 5.10 Å². The predicted octanol–water partition coefficient (Wildman–Crippen LogP) is 1.93. The molecular formula is C20H31IN6O2S. The second-order valence-corrected chi connectivity index (χ2v) is 9.22. The van der Waals surface area contributed by atoms with E-state index in [-0.39, 0.29) is 29.7 Å². The summed E-state index contributed by atoms with van der Waals surface area (Å²) < 4.78 is 28.8. The minimum Gasteiger partial charge on any atom is -0.355 e.